The van der Waals surface area contributed by atoms with E-state index in [2.05, 4.69) is 11.5 Å². The quantitative estimate of drug-likeness (QED) is 0.640. The molecule has 27 heavy (non-hydrogen) atoms. The third-order valence-corrected chi connectivity index (χ3v) is 5.30. The molecular weight excluding hydrogens is 351 g/mol. The van der Waals surface area contributed by atoms with Gasteiger partial charge in [0, 0.05) is 32.4 Å². The number of benzene rings is 1. The Balaban J connectivity index is 1.90. The maximum atomic E-state index is 14.8. The van der Waals surface area contributed by atoms with Gasteiger partial charge in [-0.15, -0.1) is 6.58 Å². The van der Waals surface area contributed by atoms with Crippen LogP contribution in [0.25, 0.3) is 10.9 Å². The second kappa shape index (κ2) is 6.38. The van der Waals surface area contributed by atoms with Crippen LogP contribution >= 0.6 is 0 Å². The standard InChI is InChI=1S/C19H21FN4O3/c1-3-12-10-23(12)24-11-14(19(26)27)18(25)13-8-15(20)17(9-16(13)24)22-6-4-21(2)5-7-22/h3,8-9,11-12H,1,4-7,10H2,2H3,(H,26,27). The fourth-order valence-corrected chi connectivity index (χ4v) is 3.56. The number of pyridine rings is 1. The maximum absolute atomic E-state index is 14.8. The largest absolute Gasteiger partial charge is 0.477 e. The lowest BCUT2D eigenvalue weighted by Crippen LogP contribution is -2.44. The summed E-state index contributed by atoms with van der Waals surface area (Å²) in [5.41, 5.74) is -0.105. The van der Waals surface area contributed by atoms with E-state index in [1.165, 1.54) is 12.3 Å². The molecule has 1 atom stereocenters. The molecule has 1 aromatic carbocycles. The molecule has 2 aliphatic rings. The van der Waals surface area contributed by atoms with E-state index in [1.54, 1.807) is 16.8 Å². The summed E-state index contributed by atoms with van der Waals surface area (Å²) in [6.07, 6.45) is 3.08. The third-order valence-electron chi connectivity index (χ3n) is 5.30. The van der Waals surface area contributed by atoms with Crippen molar-refractivity contribution in [1.29, 1.82) is 0 Å². The van der Waals surface area contributed by atoms with Crippen molar-refractivity contribution in [2.45, 2.75) is 6.04 Å². The highest BCUT2D eigenvalue weighted by Crippen LogP contribution is 2.28. The first kappa shape index (κ1) is 17.5. The van der Waals surface area contributed by atoms with Crippen molar-refractivity contribution in [1.82, 2.24) is 9.58 Å². The Kier molecular flexibility index (Phi) is 4.15. The molecule has 0 amide bonds. The van der Waals surface area contributed by atoms with Crippen LogP contribution < -0.4 is 15.3 Å². The minimum atomic E-state index is -1.32. The number of piperazine rings is 1. The number of likely N-dealkylation sites (N-methyl/N-ethyl adjacent to an activating group) is 1. The Labute approximate surface area is 155 Å². The number of hydrogen-bond acceptors (Lipinski definition) is 5. The number of hydrogen-bond donors (Lipinski definition) is 1. The summed E-state index contributed by atoms with van der Waals surface area (Å²) in [6, 6.07) is 2.89. The molecule has 2 saturated heterocycles. The molecule has 0 bridgehead atoms. The van der Waals surface area contributed by atoms with Crippen LogP contribution in [0.3, 0.4) is 0 Å². The van der Waals surface area contributed by atoms with E-state index in [0.29, 0.717) is 30.8 Å². The first-order valence-electron chi connectivity index (χ1n) is 8.86. The molecule has 142 valence electrons. The van der Waals surface area contributed by atoms with Gasteiger partial charge in [0.1, 0.15) is 11.4 Å². The predicted molar refractivity (Wildman–Crippen MR) is 102 cm³/mol. The highest BCUT2D eigenvalue weighted by Gasteiger charge is 2.33. The molecule has 2 aromatic rings. The first-order valence-corrected chi connectivity index (χ1v) is 8.86. The number of carboxylic acid groups (broad SMARTS) is 1. The Morgan fingerprint density at radius 1 is 1.30 bits per heavy atom. The summed E-state index contributed by atoms with van der Waals surface area (Å²) < 4.78 is 16.5. The van der Waals surface area contributed by atoms with E-state index >= 15 is 0 Å². The van der Waals surface area contributed by atoms with Gasteiger partial charge in [0.2, 0.25) is 5.43 Å². The summed E-state index contributed by atoms with van der Waals surface area (Å²) in [5.74, 6) is -1.83. The fourth-order valence-electron chi connectivity index (χ4n) is 3.56. The van der Waals surface area contributed by atoms with Crippen LogP contribution in [0.1, 0.15) is 10.4 Å². The normalized spacial score (nSPS) is 20.1. The molecule has 3 heterocycles. The van der Waals surface area contributed by atoms with Gasteiger partial charge in [0.05, 0.1) is 29.2 Å². The molecule has 8 heteroatoms. The molecule has 0 spiro atoms. The van der Waals surface area contributed by atoms with Gasteiger partial charge in [-0.1, -0.05) is 6.08 Å². The summed E-state index contributed by atoms with van der Waals surface area (Å²) in [5, 5.41) is 11.3. The average Bonchev–Trinajstić information content (AvgIpc) is 3.42. The van der Waals surface area contributed by atoms with Crippen molar-refractivity contribution >= 4 is 22.6 Å². The summed E-state index contributed by atoms with van der Waals surface area (Å²) in [6.45, 7) is 7.46. The van der Waals surface area contributed by atoms with E-state index < -0.39 is 17.2 Å². The number of fused-ring (bicyclic) bond motifs is 1. The molecule has 7 nitrogen and oxygen atoms in total. The SMILES string of the molecule is C=CC1CN1n1cc(C(=O)O)c(=O)c2cc(F)c(N3CCN(C)CC3)cc21. The zero-order valence-corrected chi connectivity index (χ0v) is 15.1. The van der Waals surface area contributed by atoms with Gasteiger partial charge in [-0.25, -0.2) is 9.18 Å². The van der Waals surface area contributed by atoms with Crippen molar-refractivity contribution < 1.29 is 14.3 Å². The van der Waals surface area contributed by atoms with Gasteiger partial charge >= 0.3 is 5.97 Å². The number of carboxylic acids is 1. The van der Waals surface area contributed by atoms with Crippen LogP contribution in [0.2, 0.25) is 0 Å². The smallest absolute Gasteiger partial charge is 0.341 e. The lowest BCUT2D eigenvalue weighted by Gasteiger charge is -2.34. The first-order chi connectivity index (χ1) is 12.9. The van der Waals surface area contributed by atoms with E-state index in [4.69, 9.17) is 0 Å². The second-order valence-corrected chi connectivity index (χ2v) is 7.06. The molecule has 2 aliphatic heterocycles. The number of carbonyl (C=O) groups is 1. The van der Waals surface area contributed by atoms with E-state index in [9.17, 15) is 19.1 Å². The molecule has 4 rings (SSSR count). The van der Waals surface area contributed by atoms with Crippen molar-refractivity contribution in [3.8, 4) is 0 Å². The van der Waals surface area contributed by atoms with Crippen molar-refractivity contribution in [2.24, 2.45) is 0 Å². The van der Waals surface area contributed by atoms with Crippen molar-refractivity contribution in [3.05, 3.63) is 52.6 Å². The predicted octanol–water partition coefficient (Wildman–Crippen LogP) is 1.10. The monoisotopic (exact) mass is 372 g/mol. The van der Waals surface area contributed by atoms with Gasteiger partial charge in [-0.2, -0.15) is 0 Å². The summed E-state index contributed by atoms with van der Waals surface area (Å²) in [7, 11) is 2.02. The average molecular weight is 372 g/mol. The van der Waals surface area contributed by atoms with E-state index in [1.807, 2.05) is 17.0 Å². The molecule has 1 aromatic heterocycles. The lowest BCUT2D eigenvalue weighted by atomic mass is 10.1. The third kappa shape index (κ3) is 2.95. The Morgan fingerprint density at radius 3 is 2.59 bits per heavy atom. The molecular formula is C19H21FN4O3. The maximum Gasteiger partial charge on any atom is 0.341 e. The molecule has 0 saturated carbocycles. The molecule has 1 unspecified atom stereocenters. The zero-order chi connectivity index (χ0) is 19.3. The van der Waals surface area contributed by atoms with E-state index in [0.717, 1.165) is 13.1 Å². The van der Waals surface area contributed by atoms with Crippen LogP contribution in [0.15, 0.2) is 35.8 Å². The second-order valence-electron chi connectivity index (χ2n) is 7.06. The van der Waals surface area contributed by atoms with Gasteiger partial charge in [-0.3, -0.25) is 9.47 Å². The van der Waals surface area contributed by atoms with Crippen LogP contribution in [0.4, 0.5) is 10.1 Å². The fraction of sp³-hybridized carbons (Fsp3) is 0.368. The zero-order valence-electron chi connectivity index (χ0n) is 15.1. The van der Waals surface area contributed by atoms with Gasteiger partial charge in [0.25, 0.3) is 0 Å². The molecule has 2 fully saturated rings. The van der Waals surface area contributed by atoms with Crippen LogP contribution in [-0.2, 0) is 0 Å². The minimum absolute atomic E-state index is 0.0643. The Morgan fingerprint density at radius 2 is 2.00 bits per heavy atom. The van der Waals surface area contributed by atoms with Gasteiger partial charge in [0.15, 0.2) is 0 Å². The van der Waals surface area contributed by atoms with Crippen molar-refractivity contribution in [2.75, 3.05) is 49.7 Å². The number of aromatic carboxylic acids is 1. The highest BCUT2D eigenvalue weighted by molar-refractivity contribution is 5.93. The summed E-state index contributed by atoms with van der Waals surface area (Å²) in [4.78, 5) is 28.2. The van der Waals surface area contributed by atoms with Crippen LogP contribution in [0.5, 0.6) is 0 Å². The Bertz CT molecular complexity index is 995. The number of rotatable bonds is 4. The van der Waals surface area contributed by atoms with Crippen molar-refractivity contribution in [3.63, 3.8) is 0 Å². The van der Waals surface area contributed by atoms with Crippen LogP contribution in [0, 0.1) is 5.82 Å². The lowest BCUT2D eigenvalue weighted by molar-refractivity contribution is 0.0695. The highest BCUT2D eigenvalue weighted by atomic mass is 19.1. The number of anilines is 1. The van der Waals surface area contributed by atoms with Crippen LogP contribution in [-0.4, -0.2) is 66.5 Å². The molecule has 0 radical (unpaired) electrons. The number of aromatic nitrogens is 1. The van der Waals surface area contributed by atoms with Gasteiger partial charge in [-0.05, 0) is 19.2 Å². The van der Waals surface area contributed by atoms with E-state index in [-0.39, 0.29) is 17.0 Å². The summed E-state index contributed by atoms with van der Waals surface area (Å²) >= 11 is 0. The molecule has 1 N–H and O–H groups in total. The molecule has 0 aliphatic carbocycles. The number of nitrogens with zero attached hydrogens (tertiary/aromatic N) is 4. The Hall–Kier alpha value is -2.87. The number of halogens is 1. The minimum Gasteiger partial charge on any atom is -0.477 e. The van der Waals surface area contributed by atoms with Gasteiger partial charge < -0.3 is 19.9 Å². The topological polar surface area (TPSA) is 68.8 Å².